The summed E-state index contributed by atoms with van der Waals surface area (Å²) in [7, 11) is 0. The molecule has 0 spiro atoms. The van der Waals surface area contributed by atoms with Crippen LogP contribution in [0.5, 0.6) is 5.75 Å². The van der Waals surface area contributed by atoms with Gasteiger partial charge in [0.05, 0.1) is 24.3 Å². The van der Waals surface area contributed by atoms with Crippen LogP contribution in [0.15, 0.2) is 12.1 Å². The normalized spacial score (nSPS) is 18.0. The summed E-state index contributed by atoms with van der Waals surface area (Å²) in [5.74, 6) is -0.405. The molecular formula is C14H20ClFN2O2. The summed E-state index contributed by atoms with van der Waals surface area (Å²) in [5, 5.41) is 13.1. The average molecular weight is 303 g/mol. The lowest BCUT2D eigenvalue weighted by atomic mass is 10.0. The molecule has 2 N–H and O–H groups in total. The van der Waals surface area contributed by atoms with E-state index in [4.69, 9.17) is 16.3 Å². The molecule has 0 radical (unpaired) electrons. The predicted octanol–water partition coefficient (Wildman–Crippen LogP) is 1.82. The zero-order valence-electron chi connectivity index (χ0n) is 11.5. The van der Waals surface area contributed by atoms with Gasteiger partial charge in [-0.25, -0.2) is 4.39 Å². The first-order valence-corrected chi connectivity index (χ1v) is 7.22. The fourth-order valence-corrected chi connectivity index (χ4v) is 2.75. The SMILES string of the molecule is CCOc1c(F)cc([C@@H](CO)N2CCNCC2)cc1Cl. The molecule has 1 aliphatic rings. The Kier molecular flexibility index (Phi) is 5.60. The minimum atomic E-state index is -0.483. The highest BCUT2D eigenvalue weighted by Crippen LogP contribution is 2.33. The number of hydrogen-bond acceptors (Lipinski definition) is 4. The van der Waals surface area contributed by atoms with Gasteiger partial charge in [0.1, 0.15) is 0 Å². The molecule has 1 atom stereocenters. The molecule has 2 rings (SSSR count). The summed E-state index contributed by atoms with van der Waals surface area (Å²) in [6, 6.07) is 2.85. The molecule has 1 fully saturated rings. The molecule has 4 nitrogen and oxygen atoms in total. The van der Waals surface area contributed by atoms with Crippen molar-refractivity contribution in [3.8, 4) is 5.75 Å². The van der Waals surface area contributed by atoms with Crippen molar-refractivity contribution in [1.82, 2.24) is 10.2 Å². The van der Waals surface area contributed by atoms with Crippen LogP contribution in [-0.4, -0.2) is 49.4 Å². The van der Waals surface area contributed by atoms with Gasteiger partial charge < -0.3 is 15.2 Å². The molecule has 6 heteroatoms. The molecule has 0 bridgehead atoms. The van der Waals surface area contributed by atoms with Crippen LogP contribution in [0, 0.1) is 5.82 Å². The minimum Gasteiger partial charge on any atom is -0.489 e. The Balaban J connectivity index is 2.25. The fraction of sp³-hybridized carbons (Fsp3) is 0.571. The number of rotatable bonds is 5. The molecule has 0 amide bonds. The monoisotopic (exact) mass is 302 g/mol. The van der Waals surface area contributed by atoms with Crippen molar-refractivity contribution in [2.24, 2.45) is 0 Å². The Morgan fingerprint density at radius 2 is 2.15 bits per heavy atom. The maximum Gasteiger partial charge on any atom is 0.173 e. The molecule has 20 heavy (non-hydrogen) atoms. The maximum atomic E-state index is 14.0. The van der Waals surface area contributed by atoms with Gasteiger partial charge in [0, 0.05) is 26.2 Å². The van der Waals surface area contributed by atoms with E-state index in [-0.39, 0.29) is 23.4 Å². The smallest absolute Gasteiger partial charge is 0.173 e. The number of aliphatic hydroxyl groups is 1. The lowest BCUT2D eigenvalue weighted by molar-refractivity contribution is 0.110. The van der Waals surface area contributed by atoms with E-state index < -0.39 is 5.82 Å². The third kappa shape index (κ3) is 3.41. The van der Waals surface area contributed by atoms with Gasteiger partial charge in [-0.15, -0.1) is 0 Å². The Labute approximate surface area is 123 Å². The van der Waals surface area contributed by atoms with Crippen LogP contribution in [-0.2, 0) is 0 Å². The largest absolute Gasteiger partial charge is 0.489 e. The van der Waals surface area contributed by atoms with Crippen LogP contribution in [0.1, 0.15) is 18.5 Å². The quantitative estimate of drug-likeness (QED) is 0.871. The van der Waals surface area contributed by atoms with Crippen LogP contribution in [0.25, 0.3) is 0 Å². The highest BCUT2D eigenvalue weighted by atomic mass is 35.5. The average Bonchev–Trinajstić information content (AvgIpc) is 2.45. The number of hydrogen-bond donors (Lipinski definition) is 2. The molecule has 1 saturated heterocycles. The van der Waals surface area contributed by atoms with Gasteiger partial charge in [-0.05, 0) is 24.6 Å². The van der Waals surface area contributed by atoms with Crippen molar-refractivity contribution >= 4 is 11.6 Å². The van der Waals surface area contributed by atoms with Gasteiger partial charge in [0.25, 0.3) is 0 Å². The minimum absolute atomic E-state index is 0.0657. The van der Waals surface area contributed by atoms with E-state index in [2.05, 4.69) is 10.2 Å². The Morgan fingerprint density at radius 3 is 2.70 bits per heavy atom. The van der Waals surface area contributed by atoms with Crippen LogP contribution < -0.4 is 10.1 Å². The second-order valence-electron chi connectivity index (χ2n) is 4.73. The molecule has 1 aromatic carbocycles. The van der Waals surface area contributed by atoms with Crippen molar-refractivity contribution in [2.75, 3.05) is 39.4 Å². The molecule has 1 heterocycles. The summed E-state index contributed by atoms with van der Waals surface area (Å²) in [6.45, 7) is 5.44. The number of nitrogens with one attached hydrogen (secondary N) is 1. The molecule has 112 valence electrons. The molecule has 0 aliphatic carbocycles. The van der Waals surface area contributed by atoms with Gasteiger partial charge >= 0.3 is 0 Å². The van der Waals surface area contributed by atoms with Gasteiger partial charge in [-0.2, -0.15) is 0 Å². The molecule has 0 saturated carbocycles. The number of piperazine rings is 1. The Hall–Kier alpha value is -0.880. The van der Waals surface area contributed by atoms with Crippen LogP contribution in [0.3, 0.4) is 0 Å². The summed E-state index contributed by atoms with van der Waals surface area (Å²) >= 11 is 6.08. The first kappa shape index (κ1) is 15.5. The van der Waals surface area contributed by atoms with Gasteiger partial charge in [0.15, 0.2) is 11.6 Å². The standard InChI is InChI=1S/C14H20ClFN2O2/c1-2-20-14-11(15)7-10(8-12(14)16)13(9-19)18-5-3-17-4-6-18/h7-8,13,17,19H,2-6,9H2,1H3/t13-/m1/s1. The maximum absolute atomic E-state index is 14.0. The predicted molar refractivity (Wildman–Crippen MR) is 76.8 cm³/mol. The second kappa shape index (κ2) is 7.22. The van der Waals surface area contributed by atoms with Crippen molar-refractivity contribution in [3.05, 3.63) is 28.5 Å². The summed E-state index contributed by atoms with van der Waals surface area (Å²) in [4.78, 5) is 2.13. The van der Waals surface area contributed by atoms with Gasteiger partial charge in [0.2, 0.25) is 0 Å². The third-order valence-corrected chi connectivity index (χ3v) is 3.74. The van der Waals surface area contributed by atoms with E-state index >= 15 is 0 Å². The van der Waals surface area contributed by atoms with Crippen molar-refractivity contribution in [1.29, 1.82) is 0 Å². The summed E-state index contributed by atoms with van der Waals surface area (Å²) in [5.41, 5.74) is 0.681. The van der Waals surface area contributed by atoms with Crippen molar-refractivity contribution in [2.45, 2.75) is 13.0 Å². The molecular weight excluding hydrogens is 283 g/mol. The lowest BCUT2D eigenvalue weighted by Crippen LogP contribution is -2.46. The lowest BCUT2D eigenvalue weighted by Gasteiger charge is -2.34. The second-order valence-corrected chi connectivity index (χ2v) is 5.14. The topological polar surface area (TPSA) is 44.7 Å². The van der Waals surface area contributed by atoms with Gasteiger partial charge in [-0.3, -0.25) is 4.90 Å². The number of aliphatic hydroxyl groups excluding tert-OH is 1. The Morgan fingerprint density at radius 1 is 1.45 bits per heavy atom. The summed E-state index contributed by atoms with van der Waals surface area (Å²) in [6.07, 6.45) is 0. The van der Waals surface area contributed by atoms with E-state index in [9.17, 15) is 9.50 Å². The van der Waals surface area contributed by atoms with Crippen molar-refractivity contribution < 1.29 is 14.2 Å². The number of benzene rings is 1. The van der Waals surface area contributed by atoms with E-state index in [0.717, 1.165) is 26.2 Å². The van der Waals surface area contributed by atoms with E-state index in [1.54, 1.807) is 13.0 Å². The van der Waals surface area contributed by atoms with Crippen LogP contribution in [0.4, 0.5) is 4.39 Å². The Bertz CT molecular complexity index is 430. The highest BCUT2D eigenvalue weighted by molar-refractivity contribution is 6.32. The molecule has 1 aliphatic heterocycles. The summed E-state index contributed by atoms with van der Waals surface area (Å²) < 4.78 is 19.2. The highest BCUT2D eigenvalue weighted by Gasteiger charge is 2.23. The number of nitrogens with zero attached hydrogens (tertiary/aromatic N) is 1. The van der Waals surface area contributed by atoms with Crippen molar-refractivity contribution in [3.63, 3.8) is 0 Å². The van der Waals surface area contributed by atoms with E-state index in [1.165, 1.54) is 6.07 Å². The third-order valence-electron chi connectivity index (χ3n) is 3.46. The first-order valence-electron chi connectivity index (χ1n) is 6.84. The van der Waals surface area contributed by atoms with E-state index in [0.29, 0.717) is 12.2 Å². The van der Waals surface area contributed by atoms with Crippen LogP contribution in [0.2, 0.25) is 5.02 Å². The zero-order valence-corrected chi connectivity index (χ0v) is 12.3. The van der Waals surface area contributed by atoms with E-state index in [1.807, 2.05) is 0 Å². The first-order chi connectivity index (χ1) is 9.67. The molecule has 0 unspecified atom stereocenters. The molecule has 0 aromatic heterocycles. The number of ether oxygens (including phenoxy) is 1. The fourth-order valence-electron chi connectivity index (χ4n) is 2.48. The zero-order chi connectivity index (χ0) is 14.5. The van der Waals surface area contributed by atoms with Crippen LogP contribution >= 0.6 is 11.6 Å². The molecule has 1 aromatic rings. The number of halogens is 2. The van der Waals surface area contributed by atoms with Gasteiger partial charge in [-0.1, -0.05) is 11.6 Å².